The summed E-state index contributed by atoms with van der Waals surface area (Å²) in [4.78, 5) is 0. The van der Waals surface area contributed by atoms with E-state index in [1.807, 2.05) is 6.07 Å². The molecule has 1 saturated carbocycles. The molecule has 1 fully saturated rings. The van der Waals surface area contributed by atoms with E-state index < -0.39 is 0 Å². The topological polar surface area (TPSA) is 14.2 Å². The molecule has 0 radical (unpaired) electrons. The standard InChI is InChI=1S/C13H15NO/c1-15-13-4-2-3-12-11(13)7-8-14(12)9-10-5-6-10/h2-4,7-8,10H,5-6,9H2,1H3. The van der Waals surface area contributed by atoms with Crippen molar-refractivity contribution in [3.63, 3.8) is 0 Å². The molecule has 2 nitrogen and oxygen atoms in total. The number of fused-ring (bicyclic) bond motifs is 1. The van der Waals surface area contributed by atoms with Crippen LogP contribution in [0.4, 0.5) is 0 Å². The Kier molecular flexibility index (Phi) is 1.94. The monoisotopic (exact) mass is 201 g/mol. The van der Waals surface area contributed by atoms with Gasteiger partial charge in [-0.25, -0.2) is 0 Å². The van der Waals surface area contributed by atoms with Gasteiger partial charge in [-0.3, -0.25) is 0 Å². The molecule has 0 saturated heterocycles. The molecule has 0 aliphatic heterocycles. The highest BCUT2D eigenvalue weighted by Crippen LogP contribution is 2.33. The van der Waals surface area contributed by atoms with E-state index >= 15 is 0 Å². The number of benzene rings is 1. The number of hydrogen-bond donors (Lipinski definition) is 0. The van der Waals surface area contributed by atoms with Crippen molar-refractivity contribution in [2.75, 3.05) is 7.11 Å². The zero-order valence-corrected chi connectivity index (χ0v) is 8.94. The third-order valence-electron chi connectivity index (χ3n) is 3.15. The second kappa shape index (κ2) is 3.30. The molecule has 1 heterocycles. The van der Waals surface area contributed by atoms with Gasteiger partial charge in [-0.05, 0) is 37.0 Å². The van der Waals surface area contributed by atoms with Crippen LogP contribution in [-0.2, 0) is 6.54 Å². The van der Waals surface area contributed by atoms with Crippen molar-refractivity contribution in [3.8, 4) is 5.75 Å². The highest BCUT2D eigenvalue weighted by atomic mass is 16.5. The summed E-state index contributed by atoms with van der Waals surface area (Å²) < 4.78 is 7.69. The highest BCUT2D eigenvalue weighted by molar-refractivity contribution is 5.86. The van der Waals surface area contributed by atoms with E-state index in [1.54, 1.807) is 7.11 Å². The normalized spacial score (nSPS) is 15.8. The van der Waals surface area contributed by atoms with Gasteiger partial charge in [0.2, 0.25) is 0 Å². The van der Waals surface area contributed by atoms with Crippen LogP contribution in [0.5, 0.6) is 5.75 Å². The molecule has 0 atom stereocenters. The maximum absolute atomic E-state index is 5.35. The van der Waals surface area contributed by atoms with E-state index in [0.29, 0.717) is 0 Å². The van der Waals surface area contributed by atoms with Gasteiger partial charge in [0.15, 0.2) is 0 Å². The number of nitrogens with zero attached hydrogens (tertiary/aromatic N) is 1. The molecule has 1 aromatic heterocycles. The number of hydrogen-bond acceptors (Lipinski definition) is 1. The number of aromatic nitrogens is 1. The Balaban J connectivity index is 2.08. The van der Waals surface area contributed by atoms with Crippen molar-refractivity contribution in [3.05, 3.63) is 30.5 Å². The van der Waals surface area contributed by atoms with Crippen LogP contribution >= 0.6 is 0 Å². The van der Waals surface area contributed by atoms with E-state index in [-0.39, 0.29) is 0 Å². The number of rotatable bonds is 3. The maximum atomic E-state index is 5.35. The fourth-order valence-corrected chi connectivity index (χ4v) is 2.11. The van der Waals surface area contributed by atoms with Crippen molar-refractivity contribution < 1.29 is 4.74 Å². The molecule has 0 amide bonds. The molecule has 0 spiro atoms. The van der Waals surface area contributed by atoms with Crippen LogP contribution in [0.15, 0.2) is 30.5 Å². The first-order valence-corrected chi connectivity index (χ1v) is 5.50. The fraction of sp³-hybridized carbons (Fsp3) is 0.385. The van der Waals surface area contributed by atoms with Crippen LogP contribution in [0.1, 0.15) is 12.8 Å². The second-order valence-corrected chi connectivity index (χ2v) is 4.30. The third-order valence-corrected chi connectivity index (χ3v) is 3.15. The summed E-state index contributed by atoms with van der Waals surface area (Å²) in [7, 11) is 1.73. The van der Waals surface area contributed by atoms with Gasteiger partial charge in [0.1, 0.15) is 5.75 Å². The molecule has 78 valence electrons. The summed E-state index contributed by atoms with van der Waals surface area (Å²) in [5.74, 6) is 1.88. The summed E-state index contributed by atoms with van der Waals surface area (Å²) in [6, 6.07) is 8.39. The van der Waals surface area contributed by atoms with Gasteiger partial charge in [0.25, 0.3) is 0 Å². The lowest BCUT2D eigenvalue weighted by atomic mass is 10.2. The van der Waals surface area contributed by atoms with Gasteiger partial charge in [-0.2, -0.15) is 0 Å². The minimum absolute atomic E-state index is 0.909. The van der Waals surface area contributed by atoms with Crippen molar-refractivity contribution in [1.29, 1.82) is 0 Å². The predicted molar refractivity (Wildman–Crippen MR) is 61.2 cm³/mol. The first-order valence-electron chi connectivity index (χ1n) is 5.50. The first kappa shape index (κ1) is 8.84. The largest absolute Gasteiger partial charge is 0.496 e. The van der Waals surface area contributed by atoms with Crippen LogP contribution < -0.4 is 4.74 Å². The Hall–Kier alpha value is -1.44. The van der Waals surface area contributed by atoms with Crippen LogP contribution in [0.25, 0.3) is 10.9 Å². The van der Waals surface area contributed by atoms with Gasteiger partial charge in [0.05, 0.1) is 12.6 Å². The molecule has 1 aromatic carbocycles. The zero-order chi connectivity index (χ0) is 10.3. The SMILES string of the molecule is COc1cccc2c1ccn2CC1CC1. The minimum atomic E-state index is 0.909. The van der Waals surface area contributed by atoms with Gasteiger partial charge in [-0.1, -0.05) is 6.07 Å². The van der Waals surface area contributed by atoms with Crippen molar-refractivity contribution in [1.82, 2.24) is 4.57 Å². The fourth-order valence-electron chi connectivity index (χ4n) is 2.11. The maximum Gasteiger partial charge on any atom is 0.128 e. The number of ether oxygens (including phenoxy) is 1. The molecule has 0 N–H and O–H groups in total. The lowest BCUT2D eigenvalue weighted by molar-refractivity contribution is 0.420. The van der Waals surface area contributed by atoms with Crippen LogP contribution in [-0.4, -0.2) is 11.7 Å². The van der Waals surface area contributed by atoms with E-state index in [9.17, 15) is 0 Å². The first-order chi connectivity index (χ1) is 7.38. The summed E-state index contributed by atoms with van der Waals surface area (Å²) >= 11 is 0. The highest BCUT2D eigenvalue weighted by Gasteiger charge is 2.22. The molecule has 2 heteroatoms. The van der Waals surface area contributed by atoms with E-state index in [4.69, 9.17) is 4.74 Å². The van der Waals surface area contributed by atoms with Crippen LogP contribution in [0.2, 0.25) is 0 Å². The molecule has 1 aliphatic carbocycles. The molecular weight excluding hydrogens is 186 g/mol. The molecule has 3 rings (SSSR count). The lowest BCUT2D eigenvalue weighted by Crippen LogP contribution is -1.97. The molecule has 15 heavy (non-hydrogen) atoms. The van der Waals surface area contributed by atoms with Gasteiger partial charge in [0, 0.05) is 18.1 Å². The van der Waals surface area contributed by atoms with E-state index in [2.05, 4.69) is 29.0 Å². The van der Waals surface area contributed by atoms with E-state index in [1.165, 1.54) is 23.7 Å². The summed E-state index contributed by atoms with van der Waals surface area (Å²) in [5, 5.41) is 1.22. The average molecular weight is 201 g/mol. The van der Waals surface area contributed by atoms with Gasteiger partial charge >= 0.3 is 0 Å². The van der Waals surface area contributed by atoms with E-state index in [0.717, 1.165) is 18.2 Å². The summed E-state index contributed by atoms with van der Waals surface area (Å²) in [5.41, 5.74) is 1.29. The Bertz CT molecular complexity index is 482. The molecule has 2 aromatic rings. The van der Waals surface area contributed by atoms with Crippen molar-refractivity contribution >= 4 is 10.9 Å². The Labute approximate surface area is 89.5 Å². The zero-order valence-electron chi connectivity index (χ0n) is 8.94. The second-order valence-electron chi connectivity index (χ2n) is 4.30. The van der Waals surface area contributed by atoms with Crippen LogP contribution in [0.3, 0.4) is 0 Å². The molecule has 0 unspecified atom stereocenters. The Morgan fingerprint density at radius 3 is 2.93 bits per heavy atom. The minimum Gasteiger partial charge on any atom is -0.496 e. The lowest BCUT2D eigenvalue weighted by Gasteiger charge is -2.05. The van der Waals surface area contributed by atoms with Crippen molar-refractivity contribution in [2.45, 2.75) is 19.4 Å². The Morgan fingerprint density at radius 2 is 2.20 bits per heavy atom. The predicted octanol–water partition coefficient (Wildman–Crippen LogP) is 3.06. The summed E-state index contributed by atoms with van der Waals surface area (Å²) in [6.07, 6.45) is 4.96. The quantitative estimate of drug-likeness (QED) is 0.744. The van der Waals surface area contributed by atoms with Gasteiger partial charge in [-0.15, -0.1) is 0 Å². The van der Waals surface area contributed by atoms with Crippen LogP contribution in [0, 0.1) is 5.92 Å². The third kappa shape index (κ3) is 1.50. The summed E-state index contributed by atoms with van der Waals surface area (Å²) in [6.45, 7) is 1.16. The molecule has 1 aliphatic rings. The van der Waals surface area contributed by atoms with Gasteiger partial charge < -0.3 is 9.30 Å². The molecule has 0 bridgehead atoms. The number of methoxy groups -OCH3 is 1. The van der Waals surface area contributed by atoms with Crippen molar-refractivity contribution in [2.24, 2.45) is 5.92 Å². The average Bonchev–Trinajstić information content (AvgIpc) is 2.99. The molecular formula is C13H15NO. The smallest absolute Gasteiger partial charge is 0.128 e. The Morgan fingerprint density at radius 1 is 1.33 bits per heavy atom.